The molecule has 0 heterocycles. The topological polar surface area (TPSA) is 114 Å². The van der Waals surface area contributed by atoms with Crippen LogP contribution in [0.2, 0.25) is 0 Å². The first-order valence-corrected chi connectivity index (χ1v) is 11.0. The molecule has 3 N–H and O–H groups in total. The zero-order chi connectivity index (χ0) is 24.1. The highest BCUT2D eigenvalue weighted by Crippen LogP contribution is 2.13. The summed E-state index contributed by atoms with van der Waals surface area (Å²) >= 11 is 0. The number of carbonyl (C=O) groups excluding carboxylic acids is 2. The number of carbonyl (C=O) groups is 3. The fourth-order valence-electron chi connectivity index (χ4n) is 3.38. The Morgan fingerprint density at radius 2 is 1.67 bits per heavy atom. The van der Waals surface area contributed by atoms with Gasteiger partial charge >= 0.3 is 11.9 Å². The molecule has 2 aromatic carbocycles. The van der Waals surface area contributed by atoms with Crippen molar-refractivity contribution in [3.05, 3.63) is 65.7 Å². The summed E-state index contributed by atoms with van der Waals surface area (Å²) in [6.07, 6.45) is 1.33. The lowest BCUT2D eigenvalue weighted by Gasteiger charge is -2.21. The molecule has 0 aliphatic carbocycles. The molecule has 0 radical (unpaired) electrons. The molecule has 0 aromatic heterocycles. The van der Waals surface area contributed by atoms with Crippen LogP contribution in [-0.4, -0.2) is 55.3 Å². The van der Waals surface area contributed by atoms with Gasteiger partial charge in [0.2, 0.25) is 5.91 Å². The number of carboxylic acid groups (broad SMARTS) is 1. The zero-order valence-corrected chi connectivity index (χ0v) is 19.1. The largest absolute Gasteiger partial charge is 0.494 e. The van der Waals surface area contributed by atoms with E-state index in [2.05, 4.69) is 10.6 Å². The molecule has 2 aromatic rings. The standard InChI is InChI=1S/C25H32N2O6/c1-3-33-20-13-11-18(12-14-20)10-7-15-26-21(17-23(28)29)24(30)27-22(25(31)32-2)16-19-8-5-4-6-9-19/h4-6,8-9,11-14,21-22,26H,3,7,10,15-17H2,1-2H3,(H,27,30)(H,28,29)/t21-,22-/m0/s1. The molecule has 1 amide bonds. The van der Waals surface area contributed by atoms with Crippen LogP contribution in [0.4, 0.5) is 0 Å². The van der Waals surface area contributed by atoms with Crippen LogP contribution < -0.4 is 15.4 Å². The first-order chi connectivity index (χ1) is 15.9. The summed E-state index contributed by atoms with van der Waals surface area (Å²) in [5.41, 5.74) is 1.97. The third-order valence-corrected chi connectivity index (χ3v) is 5.05. The summed E-state index contributed by atoms with van der Waals surface area (Å²) in [6.45, 7) is 2.98. The van der Waals surface area contributed by atoms with Crippen LogP contribution in [0, 0.1) is 0 Å². The number of aliphatic carboxylic acids is 1. The highest BCUT2D eigenvalue weighted by atomic mass is 16.5. The molecule has 0 saturated heterocycles. The monoisotopic (exact) mass is 456 g/mol. The van der Waals surface area contributed by atoms with Gasteiger partial charge in [-0.25, -0.2) is 4.79 Å². The molecule has 0 aliphatic heterocycles. The smallest absolute Gasteiger partial charge is 0.328 e. The highest BCUT2D eigenvalue weighted by Gasteiger charge is 2.27. The molecule has 8 nitrogen and oxygen atoms in total. The quantitative estimate of drug-likeness (QED) is 0.295. The van der Waals surface area contributed by atoms with Crippen molar-refractivity contribution in [3.63, 3.8) is 0 Å². The normalized spacial score (nSPS) is 12.4. The maximum Gasteiger partial charge on any atom is 0.328 e. The van der Waals surface area contributed by atoms with E-state index in [1.807, 2.05) is 61.5 Å². The second-order valence-corrected chi connectivity index (χ2v) is 7.56. The fourth-order valence-corrected chi connectivity index (χ4v) is 3.38. The van der Waals surface area contributed by atoms with Crippen LogP contribution in [-0.2, 0) is 32.0 Å². The second kappa shape index (κ2) is 13.9. The van der Waals surface area contributed by atoms with Crippen molar-refractivity contribution in [1.82, 2.24) is 10.6 Å². The number of hydrogen-bond donors (Lipinski definition) is 3. The Balaban J connectivity index is 1.92. The lowest BCUT2D eigenvalue weighted by molar-refractivity contribution is -0.145. The van der Waals surface area contributed by atoms with Crippen molar-refractivity contribution in [2.75, 3.05) is 20.3 Å². The number of benzene rings is 2. The SMILES string of the molecule is CCOc1ccc(CCCN[C@@H](CC(=O)O)C(=O)N[C@@H](Cc2ccccc2)C(=O)OC)cc1. The Morgan fingerprint density at radius 1 is 0.970 bits per heavy atom. The van der Waals surface area contributed by atoms with Gasteiger partial charge in [-0.3, -0.25) is 9.59 Å². The van der Waals surface area contributed by atoms with Crippen LogP contribution in [0.5, 0.6) is 5.75 Å². The van der Waals surface area contributed by atoms with Crippen molar-refractivity contribution in [2.24, 2.45) is 0 Å². The van der Waals surface area contributed by atoms with Gasteiger partial charge in [0.15, 0.2) is 0 Å². The summed E-state index contributed by atoms with van der Waals surface area (Å²) in [6, 6.07) is 15.1. The van der Waals surface area contributed by atoms with Crippen LogP contribution in [0.3, 0.4) is 0 Å². The summed E-state index contributed by atoms with van der Waals surface area (Å²) in [7, 11) is 1.25. The third kappa shape index (κ3) is 9.33. The van der Waals surface area contributed by atoms with Crippen LogP contribution >= 0.6 is 0 Å². The molecule has 0 aliphatic rings. The van der Waals surface area contributed by atoms with E-state index >= 15 is 0 Å². The van der Waals surface area contributed by atoms with Gasteiger partial charge < -0.3 is 25.2 Å². The van der Waals surface area contributed by atoms with Gasteiger partial charge in [-0.15, -0.1) is 0 Å². The number of nitrogens with one attached hydrogen (secondary N) is 2. The molecule has 0 fully saturated rings. The van der Waals surface area contributed by atoms with Gasteiger partial charge in [0.1, 0.15) is 11.8 Å². The minimum atomic E-state index is -1.10. The van der Waals surface area contributed by atoms with Crippen molar-refractivity contribution in [3.8, 4) is 5.75 Å². The molecule has 178 valence electrons. The molecule has 0 bridgehead atoms. The lowest BCUT2D eigenvalue weighted by atomic mass is 10.0. The summed E-state index contributed by atoms with van der Waals surface area (Å²) < 4.78 is 10.2. The average Bonchev–Trinajstić information content (AvgIpc) is 2.81. The van der Waals surface area contributed by atoms with Crippen molar-refractivity contribution in [1.29, 1.82) is 0 Å². The Bertz CT molecular complexity index is 886. The van der Waals surface area contributed by atoms with Crippen molar-refractivity contribution in [2.45, 2.75) is 44.7 Å². The number of methoxy groups -OCH3 is 1. The maximum atomic E-state index is 12.8. The van der Waals surface area contributed by atoms with Gasteiger partial charge in [0.05, 0.1) is 26.2 Å². The number of esters is 1. The summed E-state index contributed by atoms with van der Waals surface area (Å²) in [5, 5.41) is 14.9. The molecular formula is C25H32N2O6. The Hall–Kier alpha value is -3.39. The van der Waals surface area contributed by atoms with Gasteiger partial charge in [0.25, 0.3) is 0 Å². The van der Waals surface area contributed by atoms with E-state index in [0.29, 0.717) is 19.6 Å². The number of ether oxygens (including phenoxy) is 2. The average molecular weight is 457 g/mol. The van der Waals surface area contributed by atoms with E-state index in [1.165, 1.54) is 7.11 Å². The zero-order valence-electron chi connectivity index (χ0n) is 19.1. The number of carboxylic acids is 1. The summed E-state index contributed by atoms with van der Waals surface area (Å²) in [5.74, 6) is -1.43. The van der Waals surface area contributed by atoms with Crippen LogP contribution in [0.15, 0.2) is 54.6 Å². The second-order valence-electron chi connectivity index (χ2n) is 7.56. The van der Waals surface area contributed by atoms with E-state index in [0.717, 1.165) is 23.3 Å². The Kier molecular flexibility index (Phi) is 10.9. The predicted molar refractivity (Wildman–Crippen MR) is 124 cm³/mol. The molecule has 0 spiro atoms. The Labute approximate surface area is 194 Å². The van der Waals surface area contributed by atoms with E-state index in [1.54, 1.807) is 0 Å². The molecule has 0 saturated carbocycles. The first-order valence-electron chi connectivity index (χ1n) is 11.0. The first kappa shape index (κ1) is 25.9. The third-order valence-electron chi connectivity index (χ3n) is 5.05. The number of hydrogen-bond acceptors (Lipinski definition) is 6. The maximum absolute atomic E-state index is 12.8. The predicted octanol–water partition coefficient (Wildman–Crippen LogP) is 2.35. The number of rotatable bonds is 14. The van der Waals surface area contributed by atoms with Crippen molar-refractivity contribution >= 4 is 17.8 Å². The fraction of sp³-hybridized carbons (Fsp3) is 0.400. The van der Waals surface area contributed by atoms with Crippen LogP contribution in [0.1, 0.15) is 30.9 Å². The molecule has 33 heavy (non-hydrogen) atoms. The molecule has 2 atom stereocenters. The van der Waals surface area contributed by atoms with E-state index in [-0.39, 0.29) is 6.42 Å². The molecular weight excluding hydrogens is 424 g/mol. The van der Waals surface area contributed by atoms with Gasteiger partial charge in [0, 0.05) is 6.42 Å². The molecule has 8 heteroatoms. The minimum absolute atomic E-state index is 0.247. The van der Waals surface area contributed by atoms with Crippen molar-refractivity contribution < 1.29 is 29.0 Å². The van der Waals surface area contributed by atoms with Crippen LogP contribution in [0.25, 0.3) is 0 Å². The van der Waals surface area contributed by atoms with Gasteiger partial charge in [-0.05, 0) is 49.6 Å². The highest BCUT2D eigenvalue weighted by molar-refractivity contribution is 5.90. The Morgan fingerprint density at radius 3 is 2.27 bits per heavy atom. The number of aryl methyl sites for hydroxylation is 1. The van der Waals surface area contributed by atoms with E-state index < -0.39 is 36.4 Å². The minimum Gasteiger partial charge on any atom is -0.494 e. The van der Waals surface area contributed by atoms with E-state index in [4.69, 9.17) is 9.47 Å². The number of amides is 1. The van der Waals surface area contributed by atoms with Gasteiger partial charge in [-0.1, -0.05) is 42.5 Å². The molecule has 0 unspecified atom stereocenters. The lowest BCUT2D eigenvalue weighted by Crippen LogP contribution is -2.52. The molecule has 2 rings (SSSR count). The van der Waals surface area contributed by atoms with Gasteiger partial charge in [-0.2, -0.15) is 0 Å². The summed E-state index contributed by atoms with van der Waals surface area (Å²) in [4.78, 5) is 36.3. The van der Waals surface area contributed by atoms with E-state index in [9.17, 15) is 19.5 Å².